The molecule has 2 rings (SSSR count). The Morgan fingerprint density at radius 3 is 2.11 bits per heavy atom. The Kier molecular flexibility index (Phi) is 6.83. The minimum absolute atomic E-state index is 0.179. The second-order valence-electron chi connectivity index (χ2n) is 7.02. The van der Waals surface area contributed by atoms with Gasteiger partial charge in [0.2, 0.25) is 0 Å². The molecule has 4 nitrogen and oxygen atoms in total. The molecule has 2 N–H and O–H groups in total. The second-order valence-corrected chi connectivity index (χ2v) is 7.02. The number of alkyl halides is 3. The zero-order valence-electron chi connectivity index (χ0n) is 16.0. The van der Waals surface area contributed by atoms with Crippen LogP contribution in [0.5, 0.6) is 0 Å². The van der Waals surface area contributed by atoms with Crippen LogP contribution < -0.4 is 5.73 Å². The first kappa shape index (κ1) is 21.5. The Morgan fingerprint density at radius 1 is 1.04 bits per heavy atom. The molecule has 0 saturated heterocycles. The highest BCUT2D eigenvalue weighted by Crippen LogP contribution is 2.29. The normalized spacial score (nSPS) is 13.5. The Hall–Kier alpha value is -2.83. The zero-order valence-corrected chi connectivity index (χ0v) is 16.0. The van der Waals surface area contributed by atoms with Gasteiger partial charge in [0.05, 0.1) is 11.5 Å². The number of benzene rings is 2. The lowest BCUT2D eigenvalue weighted by Gasteiger charge is -2.11. The molecule has 1 unspecified atom stereocenters. The van der Waals surface area contributed by atoms with Gasteiger partial charge >= 0.3 is 12.1 Å². The number of carbonyl (C=O) groups excluding carboxylic acids is 1. The summed E-state index contributed by atoms with van der Waals surface area (Å²) < 4.78 is 37.7. The molecule has 0 heterocycles. The molecular weight excluding hydrogens is 369 g/mol. The molecular formula is C21H23F3N2O2. The summed E-state index contributed by atoms with van der Waals surface area (Å²) in [5.41, 5.74) is 7.09. The topological polar surface area (TPSA) is 64.7 Å². The van der Waals surface area contributed by atoms with Crippen LogP contribution in [0.4, 0.5) is 13.2 Å². The molecule has 0 aliphatic rings. The van der Waals surface area contributed by atoms with Crippen molar-refractivity contribution < 1.29 is 22.8 Å². The number of amidine groups is 1. The van der Waals surface area contributed by atoms with E-state index in [4.69, 9.17) is 10.6 Å². The summed E-state index contributed by atoms with van der Waals surface area (Å²) in [6.45, 7) is 5.95. The lowest BCUT2D eigenvalue weighted by molar-refractivity contribution is -0.145. The molecule has 28 heavy (non-hydrogen) atoms. The van der Waals surface area contributed by atoms with Crippen LogP contribution in [0.3, 0.4) is 0 Å². The average Bonchev–Trinajstić information content (AvgIpc) is 2.64. The third kappa shape index (κ3) is 5.84. The smallest absolute Gasteiger partial charge is 0.380 e. The molecule has 0 spiro atoms. The number of hydrogen-bond donors (Lipinski definition) is 1. The van der Waals surface area contributed by atoms with E-state index in [-0.39, 0.29) is 11.4 Å². The van der Waals surface area contributed by atoms with Crippen LogP contribution in [0.1, 0.15) is 48.9 Å². The van der Waals surface area contributed by atoms with Gasteiger partial charge in [-0.05, 0) is 42.5 Å². The zero-order chi connectivity index (χ0) is 20.9. The Balaban J connectivity index is 2.01. The molecule has 0 radical (unpaired) electrons. The predicted molar refractivity (Wildman–Crippen MR) is 102 cm³/mol. The summed E-state index contributed by atoms with van der Waals surface area (Å²) in [4.78, 5) is 17.1. The van der Waals surface area contributed by atoms with E-state index < -0.39 is 23.6 Å². The van der Waals surface area contributed by atoms with E-state index in [1.807, 2.05) is 24.3 Å². The van der Waals surface area contributed by atoms with E-state index in [0.29, 0.717) is 5.92 Å². The Morgan fingerprint density at radius 2 is 1.61 bits per heavy atom. The molecule has 0 aromatic heterocycles. The van der Waals surface area contributed by atoms with Crippen molar-refractivity contribution in [3.05, 3.63) is 70.8 Å². The van der Waals surface area contributed by atoms with E-state index in [1.54, 1.807) is 6.92 Å². The quantitative estimate of drug-likeness (QED) is 0.330. The predicted octanol–water partition coefficient (Wildman–Crippen LogP) is 4.87. The van der Waals surface area contributed by atoms with E-state index in [2.05, 4.69) is 19.0 Å². The van der Waals surface area contributed by atoms with Crippen molar-refractivity contribution in [2.45, 2.75) is 39.3 Å². The lowest BCUT2D eigenvalue weighted by Crippen LogP contribution is -2.17. The fourth-order valence-corrected chi connectivity index (χ4v) is 2.61. The molecule has 0 amide bonds. The van der Waals surface area contributed by atoms with Crippen LogP contribution in [0.25, 0.3) is 0 Å². The first-order valence-electron chi connectivity index (χ1n) is 8.88. The van der Waals surface area contributed by atoms with Crippen LogP contribution in [-0.4, -0.2) is 11.8 Å². The highest BCUT2D eigenvalue weighted by Gasteiger charge is 2.30. The maximum atomic E-state index is 12.6. The van der Waals surface area contributed by atoms with Gasteiger partial charge in [0.1, 0.15) is 0 Å². The van der Waals surface area contributed by atoms with Crippen molar-refractivity contribution in [3.63, 3.8) is 0 Å². The number of halogens is 3. The SMILES string of the molecule is CC(C)Cc1ccc(C(C)C(=O)ON=C(N)c2ccc(C(F)(F)F)cc2)cc1. The van der Waals surface area contributed by atoms with Crippen molar-refractivity contribution in [2.24, 2.45) is 16.8 Å². The number of hydrogen-bond acceptors (Lipinski definition) is 3. The van der Waals surface area contributed by atoms with Gasteiger partial charge in [0, 0.05) is 5.56 Å². The number of oxime groups is 1. The molecule has 2 aromatic carbocycles. The van der Waals surface area contributed by atoms with Gasteiger partial charge < -0.3 is 10.6 Å². The molecule has 7 heteroatoms. The molecule has 0 aliphatic carbocycles. The maximum absolute atomic E-state index is 12.6. The van der Waals surface area contributed by atoms with E-state index >= 15 is 0 Å². The summed E-state index contributed by atoms with van der Waals surface area (Å²) in [5.74, 6) is -0.805. The lowest BCUT2D eigenvalue weighted by atomic mass is 9.97. The van der Waals surface area contributed by atoms with Crippen molar-refractivity contribution >= 4 is 11.8 Å². The summed E-state index contributed by atoms with van der Waals surface area (Å²) in [6.07, 6.45) is -3.48. The molecule has 0 aliphatic heterocycles. The highest BCUT2D eigenvalue weighted by molar-refractivity contribution is 5.97. The van der Waals surface area contributed by atoms with Gasteiger partial charge in [-0.1, -0.05) is 55.4 Å². The summed E-state index contributed by atoms with van der Waals surface area (Å²) in [7, 11) is 0. The fraction of sp³-hybridized carbons (Fsp3) is 0.333. The van der Waals surface area contributed by atoms with Crippen LogP contribution in [0, 0.1) is 5.92 Å². The van der Waals surface area contributed by atoms with Gasteiger partial charge in [-0.2, -0.15) is 13.2 Å². The summed E-state index contributed by atoms with van der Waals surface area (Å²) in [6, 6.07) is 11.8. The first-order valence-corrected chi connectivity index (χ1v) is 8.88. The Bertz CT molecular complexity index is 826. The number of rotatable bonds is 6. The van der Waals surface area contributed by atoms with E-state index in [1.165, 1.54) is 17.7 Å². The van der Waals surface area contributed by atoms with Gasteiger partial charge in [-0.15, -0.1) is 0 Å². The maximum Gasteiger partial charge on any atom is 0.416 e. The highest BCUT2D eigenvalue weighted by atomic mass is 19.4. The first-order chi connectivity index (χ1) is 13.1. The molecule has 2 aromatic rings. The van der Waals surface area contributed by atoms with Crippen molar-refractivity contribution in [1.29, 1.82) is 0 Å². The van der Waals surface area contributed by atoms with Crippen LogP contribution in [0.2, 0.25) is 0 Å². The molecule has 1 atom stereocenters. The third-order valence-corrected chi connectivity index (χ3v) is 4.22. The third-order valence-electron chi connectivity index (χ3n) is 4.22. The standard InChI is InChI=1S/C21H23F3N2O2/c1-13(2)12-15-4-6-16(7-5-15)14(3)20(27)28-26-19(25)17-8-10-18(11-9-17)21(22,23)24/h4-11,13-14H,12H2,1-3H3,(H2,25,26). The molecule has 150 valence electrons. The van der Waals surface area contributed by atoms with E-state index in [9.17, 15) is 18.0 Å². The fourth-order valence-electron chi connectivity index (χ4n) is 2.61. The molecule has 0 saturated carbocycles. The van der Waals surface area contributed by atoms with Gasteiger partial charge in [-0.3, -0.25) is 0 Å². The van der Waals surface area contributed by atoms with Gasteiger partial charge in [0.25, 0.3) is 0 Å². The molecule has 0 bridgehead atoms. The van der Waals surface area contributed by atoms with E-state index in [0.717, 1.165) is 24.1 Å². The number of nitrogens with zero attached hydrogens (tertiary/aromatic N) is 1. The van der Waals surface area contributed by atoms with Crippen molar-refractivity contribution in [1.82, 2.24) is 0 Å². The van der Waals surface area contributed by atoms with Gasteiger partial charge in [0.15, 0.2) is 5.84 Å². The van der Waals surface area contributed by atoms with Crippen molar-refractivity contribution in [2.75, 3.05) is 0 Å². The monoisotopic (exact) mass is 392 g/mol. The largest absolute Gasteiger partial charge is 0.416 e. The Labute approximate surface area is 162 Å². The van der Waals surface area contributed by atoms with Crippen LogP contribution in [0.15, 0.2) is 53.7 Å². The minimum Gasteiger partial charge on any atom is -0.380 e. The minimum atomic E-state index is -4.43. The summed E-state index contributed by atoms with van der Waals surface area (Å²) >= 11 is 0. The van der Waals surface area contributed by atoms with Crippen LogP contribution >= 0.6 is 0 Å². The molecule has 0 fully saturated rings. The number of carbonyl (C=O) groups is 1. The second kappa shape index (κ2) is 8.91. The summed E-state index contributed by atoms with van der Waals surface area (Å²) in [5, 5.41) is 3.55. The number of nitrogens with two attached hydrogens (primary N) is 1. The average molecular weight is 392 g/mol. The van der Waals surface area contributed by atoms with Gasteiger partial charge in [-0.25, -0.2) is 4.79 Å². The van der Waals surface area contributed by atoms with Crippen molar-refractivity contribution in [3.8, 4) is 0 Å². The van der Waals surface area contributed by atoms with Crippen LogP contribution in [-0.2, 0) is 22.2 Å².